The van der Waals surface area contributed by atoms with Gasteiger partial charge in [0.15, 0.2) is 0 Å². The van der Waals surface area contributed by atoms with E-state index in [1.54, 1.807) is 7.11 Å². The molecule has 0 aliphatic heterocycles. The quantitative estimate of drug-likeness (QED) is 0.808. The molecule has 0 aliphatic rings. The van der Waals surface area contributed by atoms with Crippen molar-refractivity contribution in [1.82, 2.24) is 9.97 Å². The van der Waals surface area contributed by atoms with E-state index in [2.05, 4.69) is 39.6 Å². The first-order valence-electron chi connectivity index (χ1n) is 6.44. The molecular weight excluding hydrogens is 238 g/mol. The van der Waals surface area contributed by atoms with E-state index in [4.69, 9.17) is 4.74 Å². The molecule has 1 aromatic heterocycles. The molecular formula is C15H19N3O. The molecule has 100 valence electrons. The maximum atomic E-state index is 5.17. The third-order valence-corrected chi connectivity index (χ3v) is 3.01. The predicted molar refractivity (Wildman–Crippen MR) is 76.6 cm³/mol. The summed E-state index contributed by atoms with van der Waals surface area (Å²) in [6, 6.07) is 10.5. The Labute approximate surface area is 113 Å². The van der Waals surface area contributed by atoms with E-state index in [0.717, 1.165) is 30.8 Å². The zero-order valence-electron chi connectivity index (χ0n) is 11.4. The first-order valence-corrected chi connectivity index (χ1v) is 6.44. The molecule has 0 bridgehead atoms. The number of methoxy groups -OCH3 is 1. The van der Waals surface area contributed by atoms with Gasteiger partial charge < -0.3 is 10.1 Å². The van der Waals surface area contributed by atoms with Crippen LogP contribution in [0, 0.1) is 6.92 Å². The predicted octanol–water partition coefficient (Wildman–Crippen LogP) is 2.84. The summed E-state index contributed by atoms with van der Waals surface area (Å²) in [6.45, 7) is 2.84. The Balaban J connectivity index is 1.83. The van der Waals surface area contributed by atoms with Crippen LogP contribution in [0.25, 0.3) is 0 Å². The van der Waals surface area contributed by atoms with Gasteiger partial charge in [0.25, 0.3) is 0 Å². The van der Waals surface area contributed by atoms with Gasteiger partial charge in [-0.05, 0) is 25.3 Å². The summed E-state index contributed by atoms with van der Waals surface area (Å²) < 4.78 is 5.17. The molecule has 0 saturated carbocycles. The van der Waals surface area contributed by atoms with Gasteiger partial charge in [-0.1, -0.05) is 30.3 Å². The number of rotatable bonds is 6. The summed E-state index contributed by atoms with van der Waals surface area (Å²) in [7, 11) is 1.62. The Morgan fingerprint density at radius 3 is 2.68 bits per heavy atom. The number of nitrogens with zero attached hydrogens (tertiary/aromatic N) is 2. The van der Waals surface area contributed by atoms with Gasteiger partial charge in [0.2, 0.25) is 5.88 Å². The summed E-state index contributed by atoms with van der Waals surface area (Å²) in [4.78, 5) is 8.29. The van der Waals surface area contributed by atoms with Gasteiger partial charge in [-0.25, -0.2) is 9.97 Å². The summed E-state index contributed by atoms with van der Waals surface area (Å²) in [5.41, 5.74) is 2.31. The van der Waals surface area contributed by atoms with Crippen molar-refractivity contribution in [2.75, 3.05) is 19.0 Å². The van der Waals surface area contributed by atoms with E-state index >= 15 is 0 Å². The highest BCUT2D eigenvalue weighted by molar-refractivity contribution is 5.47. The molecule has 0 fully saturated rings. The van der Waals surface area contributed by atoms with Gasteiger partial charge >= 0.3 is 0 Å². The standard InChI is InChI=1S/C15H19N3O/c1-12-14(17-11-18-15(12)19-2)16-10-6-9-13-7-4-3-5-8-13/h3-5,7-8,11H,6,9-10H2,1-2H3,(H,16,17,18). The number of hydrogen-bond donors (Lipinski definition) is 1. The van der Waals surface area contributed by atoms with Crippen molar-refractivity contribution < 1.29 is 4.74 Å². The fourth-order valence-electron chi connectivity index (χ4n) is 1.96. The van der Waals surface area contributed by atoms with Gasteiger partial charge in [0, 0.05) is 6.54 Å². The summed E-state index contributed by atoms with van der Waals surface area (Å²) in [6.07, 6.45) is 3.65. The third kappa shape index (κ3) is 3.68. The Bertz CT molecular complexity index is 514. The number of anilines is 1. The van der Waals surface area contributed by atoms with Crippen LogP contribution >= 0.6 is 0 Å². The Morgan fingerprint density at radius 1 is 1.16 bits per heavy atom. The van der Waals surface area contributed by atoms with Crippen LogP contribution in [0.4, 0.5) is 5.82 Å². The van der Waals surface area contributed by atoms with Gasteiger partial charge in [-0.3, -0.25) is 0 Å². The van der Waals surface area contributed by atoms with E-state index in [-0.39, 0.29) is 0 Å². The summed E-state index contributed by atoms with van der Waals surface area (Å²) >= 11 is 0. The molecule has 0 atom stereocenters. The molecule has 0 radical (unpaired) electrons. The highest BCUT2D eigenvalue weighted by Crippen LogP contribution is 2.19. The van der Waals surface area contributed by atoms with Gasteiger partial charge in [-0.2, -0.15) is 0 Å². The molecule has 19 heavy (non-hydrogen) atoms. The molecule has 0 aliphatic carbocycles. The van der Waals surface area contributed by atoms with Gasteiger partial charge in [0.05, 0.1) is 12.7 Å². The van der Waals surface area contributed by atoms with Crippen LogP contribution in [0.15, 0.2) is 36.7 Å². The molecule has 4 heteroatoms. The molecule has 1 N–H and O–H groups in total. The molecule has 0 saturated heterocycles. The fraction of sp³-hybridized carbons (Fsp3) is 0.333. The molecule has 0 unspecified atom stereocenters. The lowest BCUT2D eigenvalue weighted by Crippen LogP contribution is -2.07. The van der Waals surface area contributed by atoms with Gasteiger partial charge in [0.1, 0.15) is 12.1 Å². The Hall–Kier alpha value is -2.10. The highest BCUT2D eigenvalue weighted by atomic mass is 16.5. The SMILES string of the molecule is COc1ncnc(NCCCc2ccccc2)c1C. The van der Waals surface area contributed by atoms with Crippen molar-refractivity contribution in [3.05, 3.63) is 47.8 Å². The first-order chi connectivity index (χ1) is 9.31. The molecule has 0 spiro atoms. The van der Waals surface area contributed by atoms with Crippen LogP contribution < -0.4 is 10.1 Å². The fourth-order valence-corrected chi connectivity index (χ4v) is 1.96. The lowest BCUT2D eigenvalue weighted by molar-refractivity contribution is 0.393. The maximum Gasteiger partial charge on any atom is 0.221 e. The lowest BCUT2D eigenvalue weighted by atomic mass is 10.1. The van der Waals surface area contributed by atoms with Crippen LogP contribution in [-0.4, -0.2) is 23.6 Å². The lowest BCUT2D eigenvalue weighted by Gasteiger charge is -2.10. The average molecular weight is 257 g/mol. The number of benzene rings is 1. The van der Waals surface area contributed by atoms with E-state index in [1.807, 2.05) is 13.0 Å². The smallest absolute Gasteiger partial charge is 0.221 e. The normalized spacial score (nSPS) is 10.2. The molecule has 1 heterocycles. The monoisotopic (exact) mass is 257 g/mol. The molecule has 4 nitrogen and oxygen atoms in total. The minimum atomic E-state index is 0.626. The van der Waals surface area contributed by atoms with Crippen LogP contribution in [0.1, 0.15) is 17.5 Å². The molecule has 2 aromatic rings. The van der Waals surface area contributed by atoms with Crippen molar-refractivity contribution in [1.29, 1.82) is 0 Å². The van der Waals surface area contributed by atoms with E-state index in [9.17, 15) is 0 Å². The maximum absolute atomic E-state index is 5.17. The second kappa shape index (κ2) is 6.73. The second-order valence-electron chi connectivity index (χ2n) is 4.37. The third-order valence-electron chi connectivity index (χ3n) is 3.01. The van der Waals surface area contributed by atoms with E-state index in [0.29, 0.717) is 5.88 Å². The topological polar surface area (TPSA) is 47.0 Å². The minimum absolute atomic E-state index is 0.626. The van der Waals surface area contributed by atoms with Crippen molar-refractivity contribution >= 4 is 5.82 Å². The van der Waals surface area contributed by atoms with Crippen LogP contribution in [-0.2, 0) is 6.42 Å². The van der Waals surface area contributed by atoms with Crippen LogP contribution in [0.3, 0.4) is 0 Å². The molecule has 2 rings (SSSR count). The first kappa shape index (κ1) is 13.3. The Kier molecular flexibility index (Phi) is 4.72. The Morgan fingerprint density at radius 2 is 1.95 bits per heavy atom. The number of aromatic nitrogens is 2. The highest BCUT2D eigenvalue weighted by Gasteiger charge is 2.05. The zero-order chi connectivity index (χ0) is 13.5. The number of nitrogens with one attached hydrogen (secondary N) is 1. The zero-order valence-corrected chi connectivity index (χ0v) is 11.4. The van der Waals surface area contributed by atoms with Crippen molar-refractivity contribution in [3.8, 4) is 5.88 Å². The number of ether oxygens (including phenoxy) is 1. The molecule has 0 amide bonds. The van der Waals surface area contributed by atoms with Crippen LogP contribution in [0.2, 0.25) is 0 Å². The van der Waals surface area contributed by atoms with Crippen LogP contribution in [0.5, 0.6) is 5.88 Å². The number of hydrogen-bond acceptors (Lipinski definition) is 4. The van der Waals surface area contributed by atoms with Gasteiger partial charge in [-0.15, -0.1) is 0 Å². The summed E-state index contributed by atoms with van der Waals surface area (Å²) in [5, 5.41) is 3.33. The van der Waals surface area contributed by atoms with E-state index in [1.165, 1.54) is 11.9 Å². The molecule has 1 aromatic carbocycles. The summed E-state index contributed by atoms with van der Waals surface area (Å²) in [5.74, 6) is 1.47. The minimum Gasteiger partial charge on any atom is -0.481 e. The van der Waals surface area contributed by atoms with Crippen molar-refractivity contribution in [2.24, 2.45) is 0 Å². The van der Waals surface area contributed by atoms with E-state index < -0.39 is 0 Å². The second-order valence-corrected chi connectivity index (χ2v) is 4.37. The average Bonchev–Trinajstić information content (AvgIpc) is 2.46. The van der Waals surface area contributed by atoms with Crippen molar-refractivity contribution in [3.63, 3.8) is 0 Å². The number of aryl methyl sites for hydroxylation is 1. The van der Waals surface area contributed by atoms with Crippen molar-refractivity contribution in [2.45, 2.75) is 19.8 Å². The largest absolute Gasteiger partial charge is 0.481 e.